The van der Waals surface area contributed by atoms with Crippen molar-refractivity contribution in [2.24, 2.45) is 5.73 Å². The van der Waals surface area contributed by atoms with Gasteiger partial charge in [-0.2, -0.15) is 11.8 Å². The zero-order chi connectivity index (χ0) is 9.72. The lowest BCUT2D eigenvalue weighted by atomic mass is 10.2. The number of hydrogen-bond acceptors (Lipinski definition) is 3. The number of nitrogens with zero attached hydrogens (tertiary/aromatic N) is 1. The zero-order valence-electron chi connectivity index (χ0n) is 8.29. The van der Waals surface area contributed by atoms with E-state index in [2.05, 4.69) is 18.1 Å². The third-order valence-electron chi connectivity index (χ3n) is 2.16. The summed E-state index contributed by atoms with van der Waals surface area (Å²) in [5, 5.41) is 7.29. The Balaban J connectivity index is 3.99. The van der Waals surface area contributed by atoms with Crippen LogP contribution < -0.4 is 5.73 Å². The highest BCUT2D eigenvalue weighted by Gasteiger charge is 2.16. The number of amidine groups is 1. The summed E-state index contributed by atoms with van der Waals surface area (Å²) in [6.07, 6.45) is 2.09. The fourth-order valence-electron chi connectivity index (χ4n) is 0.960. The highest BCUT2D eigenvalue weighted by molar-refractivity contribution is 7.98. The Morgan fingerprint density at radius 1 is 1.58 bits per heavy atom. The van der Waals surface area contributed by atoms with Gasteiger partial charge >= 0.3 is 0 Å². The minimum absolute atomic E-state index is 0.0483. The van der Waals surface area contributed by atoms with Gasteiger partial charge < -0.3 is 5.73 Å². The van der Waals surface area contributed by atoms with Gasteiger partial charge in [-0.25, -0.2) is 0 Å². The maximum absolute atomic E-state index is 7.29. The van der Waals surface area contributed by atoms with Crippen molar-refractivity contribution in [3.63, 3.8) is 0 Å². The molecule has 0 saturated carbocycles. The van der Waals surface area contributed by atoms with Crippen molar-refractivity contribution in [3.05, 3.63) is 0 Å². The van der Waals surface area contributed by atoms with Crippen molar-refractivity contribution in [2.45, 2.75) is 25.9 Å². The van der Waals surface area contributed by atoms with Crippen molar-refractivity contribution in [2.75, 3.05) is 19.1 Å². The summed E-state index contributed by atoms with van der Waals surface area (Å²) in [6, 6.07) is 0.519. The standard InChI is InChI=1S/C8H19N3S/c1-6(5-12-4)11(3)7(2)8(9)10/h6-7H,5H2,1-4H3,(H3,9,10). The monoisotopic (exact) mass is 189 g/mol. The molecular formula is C8H19N3S. The predicted molar refractivity (Wildman–Crippen MR) is 57.0 cm³/mol. The molecule has 0 rings (SSSR count). The minimum Gasteiger partial charge on any atom is -0.386 e. The normalized spacial score (nSPS) is 16.1. The Bertz CT molecular complexity index is 149. The van der Waals surface area contributed by atoms with Gasteiger partial charge in [-0.1, -0.05) is 0 Å². The van der Waals surface area contributed by atoms with Gasteiger partial charge in [0, 0.05) is 11.8 Å². The second-order valence-corrected chi connectivity index (χ2v) is 4.01. The minimum atomic E-state index is 0.0483. The van der Waals surface area contributed by atoms with Crippen LogP contribution in [0.25, 0.3) is 0 Å². The summed E-state index contributed by atoms with van der Waals surface area (Å²) in [6.45, 7) is 4.11. The summed E-state index contributed by atoms with van der Waals surface area (Å²) < 4.78 is 0. The summed E-state index contributed by atoms with van der Waals surface area (Å²) >= 11 is 1.81. The molecular weight excluding hydrogens is 170 g/mol. The Morgan fingerprint density at radius 2 is 2.08 bits per heavy atom. The maximum Gasteiger partial charge on any atom is 0.108 e. The van der Waals surface area contributed by atoms with Crippen molar-refractivity contribution >= 4 is 17.6 Å². The average molecular weight is 189 g/mol. The Labute approximate surface area is 79.2 Å². The largest absolute Gasteiger partial charge is 0.386 e. The van der Waals surface area contributed by atoms with E-state index in [-0.39, 0.29) is 11.9 Å². The molecule has 72 valence electrons. The van der Waals surface area contributed by atoms with Crippen LogP contribution in [0.5, 0.6) is 0 Å². The second-order valence-electron chi connectivity index (χ2n) is 3.10. The number of nitrogens with one attached hydrogen (secondary N) is 1. The summed E-state index contributed by atoms with van der Waals surface area (Å²) in [7, 11) is 2.01. The van der Waals surface area contributed by atoms with Crippen molar-refractivity contribution in [1.82, 2.24) is 4.90 Å². The van der Waals surface area contributed by atoms with Crippen LogP contribution in [0, 0.1) is 5.41 Å². The molecule has 0 aliphatic rings. The van der Waals surface area contributed by atoms with E-state index in [1.165, 1.54) is 0 Å². The molecule has 0 amide bonds. The molecule has 0 saturated heterocycles. The first kappa shape index (κ1) is 11.8. The lowest BCUT2D eigenvalue weighted by Gasteiger charge is -2.29. The summed E-state index contributed by atoms with van der Waals surface area (Å²) in [5.41, 5.74) is 5.41. The number of thioether (sulfide) groups is 1. The van der Waals surface area contributed by atoms with Crippen LogP contribution in [0.3, 0.4) is 0 Å². The molecule has 0 radical (unpaired) electrons. The van der Waals surface area contributed by atoms with Crippen LogP contribution in [0.2, 0.25) is 0 Å². The number of nitrogens with two attached hydrogens (primary N) is 1. The first-order valence-corrected chi connectivity index (χ1v) is 5.44. The van der Waals surface area contributed by atoms with Gasteiger partial charge in [0.25, 0.3) is 0 Å². The lowest BCUT2D eigenvalue weighted by Crippen LogP contribution is -2.45. The van der Waals surface area contributed by atoms with Crippen LogP contribution in [-0.4, -0.2) is 41.9 Å². The van der Waals surface area contributed by atoms with Crippen LogP contribution in [0.15, 0.2) is 0 Å². The highest BCUT2D eigenvalue weighted by atomic mass is 32.2. The van der Waals surface area contributed by atoms with Crippen LogP contribution in [-0.2, 0) is 0 Å². The van der Waals surface area contributed by atoms with E-state index in [1.54, 1.807) is 0 Å². The Morgan fingerprint density at radius 3 is 2.42 bits per heavy atom. The molecule has 0 aromatic carbocycles. The molecule has 2 unspecified atom stereocenters. The molecule has 4 heteroatoms. The average Bonchev–Trinajstić information content (AvgIpc) is 2.02. The van der Waals surface area contributed by atoms with Gasteiger partial charge in [-0.3, -0.25) is 10.3 Å². The zero-order valence-corrected chi connectivity index (χ0v) is 9.11. The smallest absolute Gasteiger partial charge is 0.108 e. The Kier molecular flexibility index (Phi) is 5.33. The molecule has 0 bridgehead atoms. The maximum atomic E-state index is 7.29. The van der Waals surface area contributed by atoms with Gasteiger partial charge in [0.05, 0.1) is 6.04 Å². The molecule has 2 atom stereocenters. The highest BCUT2D eigenvalue weighted by Crippen LogP contribution is 2.06. The lowest BCUT2D eigenvalue weighted by molar-refractivity contribution is 0.255. The Hall–Kier alpha value is -0.220. The third-order valence-corrected chi connectivity index (χ3v) is 2.98. The van der Waals surface area contributed by atoms with Gasteiger partial charge in [0.15, 0.2) is 0 Å². The van der Waals surface area contributed by atoms with Crippen LogP contribution in [0.4, 0.5) is 0 Å². The fraction of sp³-hybridized carbons (Fsp3) is 0.875. The van der Waals surface area contributed by atoms with Crippen LogP contribution >= 0.6 is 11.8 Å². The molecule has 3 N–H and O–H groups in total. The van der Waals surface area contributed by atoms with Crippen molar-refractivity contribution in [3.8, 4) is 0 Å². The summed E-state index contributed by atoms with van der Waals surface area (Å²) in [5.74, 6) is 1.32. The van der Waals surface area contributed by atoms with E-state index >= 15 is 0 Å². The van der Waals surface area contributed by atoms with Gasteiger partial charge in [-0.15, -0.1) is 0 Å². The molecule has 0 aromatic heterocycles. The van der Waals surface area contributed by atoms with Gasteiger partial charge in [0.1, 0.15) is 5.84 Å². The van der Waals surface area contributed by atoms with E-state index in [0.29, 0.717) is 6.04 Å². The first-order chi connectivity index (χ1) is 5.50. The van der Waals surface area contributed by atoms with E-state index in [0.717, 1.165) is 5.75 Å². The molecule has 3 nitrogen and oxygen atoms in total. The third kappa shape index (κ3) is 3.45. The molecule has 0 aliphatic heterocycles. The molecule has 0 spiro atoms. The van der Waals surface area contributed by atoms with E-state index in [1.807, 2.05) is 25.7 Å². The summed E-state index contributed by atoms with van der Waals surface area (Å²) in [4.78, 5) is 2.12. The predicted octanol–water partition coefficient (Wildman–Crippen LogP) is 0.994. The molecule has 0 heterocycles. The quantitative estimate of drug-likeness (QED) is 0.501. The molecule has 0 fully saturated rings. The van der Waals surface area contributed by atoms with Crippen molar-refractivity contribution in [1.29, 1.82) is 5.41 Å². The van der Waals surface area contributed by atoms with E-state index in [9.17, 15) is 0 Å². The number of hydrogen-bond donors (Lipinski definition) is 2. The van der Waals surface area contributed by atoms with Gasteiger partial charge in [-0.05, 0) is 27.2 Å². The topological polar surface area (TPSA) is 53.1 Å². The fourth-order valence-corrected chi connectivity index (χ4v) is 1.68. The SMILES string of the molecule is CSCC(C)N(C)C(C)C(=N)N. The molecule has 0 aliphatic carbocycles. The van der Waals surface area contributed by atoms with E-state index < -0.39 is 0 Å². The molecule has 0 aromatic rings. The molecule has 12 heavy (non-hydrogen) atoms. The van der Waals surface area contributed by atoms with Gasteiger partial charge in [0.2, 0.25) is 0 Å². The van der Waals surface area contributed by atoms with Crippen molar-refractivity contribution < 1.29 is 0 Å². The second kappa shape index (κ2) is 5.43. The number of likely N-dealkylation sites (N-methyl/N-ethyl adjacent to an activating group) is 1. The number of rotatable bonds is 5. The first-order valence-electron chi connectivity index (χ1n) is 4.05. The van der Waals surface area contributed by atoms with E-state index in [4.69, 9.17) is 11.1 Å². The van der Waals surface area contributed by atoms with Crippen LogP contribution in [0.1, 0.15) is 13.8 Å².